The van der Waals surface area contributed by atoms with E-state index in [1.165, 1.54) is 19.3 Å². The van der Waals surface area contributed by atoms with Crippen molar-refractivity contribution in [2.24, 2.45) is 13.0 Å². The van der Waals surface area contributed by atoms with Crippen LogP contribution in [0.1, 0.15) is 68.8 Å². The van der Waals surface area contributed by atoms with Crippen molar-refractivity contribution in [2.75, 3.05) is 13.7 Å². The first-order valence-corrected chi connectivity index (χ1v) is 11.3. The molecule has 0 saturated heterocycles. The maximum atomic E-state index is 12.5. The van der Waals surface area contributed by atoms with E-state index in [0.717, 1.165) is 40.8 Å². The topological polar surface area (TPSA) is 69.6 Å². The number of fused-ring (bicyclic) bond motifs is 3. The number of nitrogens with zero attached hydrogens (tertiary/aromatic N) is 1. The van der Waals surface area contributed by atoms with Gasteiger partial charge in [-0.1, -0.05) is 25.3 Å². The van der Waals surface area contributed by atoms with Crippen molar-refractivity contribution in [1.82, 2.24) is 9.88 Å². The van der Waals surface area contributed by atoms with Gasteiger partial charge in [-0.15, -0.1) is 0 Å². The summed E-state index contributed by atoms with van der Waals surface area (Å²) in [5.41, 5.74) is 3.78. The molecule has 1 saturated carbocycles. The zero-order valence-corrected chi connectivity index (χ0v) is 18.6. The highest BCUT2D eigenvalue weighted by Gasteiger charge is 2.36. The van der Waals surface area contributed by atoms with Gasteiger partial charge in [-0.2, -0.15) is 0 Å². The molecule has 4 rings (SSSR count). The average Bonchev–Trinajstić information content (AvgIpc) is 2.90. The average molecular weight is 425 g/mol. The van der Waals surface area contributed by atoms with E-state index in [4.69, 9.17) is 9.47 Å². The standard InChI is InChI=1S/C25H32N2O4/c1-4-26-23(28)14-22-19-13-24(29)27(2)15-21(19)18-11-10-17(30-3)12-20(18)25(31-22)16-8-6-5-7-9-16/h10-13,15-16,22,25H,4-9,14H2,1-3H3,(H,26,28)/t22-,25+/m0/s1. The fourth-order valence-corrected chi connectivity index (χ4v) is 5.01. The highest BCUT2D eigenvalue weighted by molar-refractivity contribution is 5.78. The van der Waals surface area contributed by atoms with Gasteiger partial charge in [0.1, 0.15) is 5.75 Å². The fraction of sp³-hybridized carbons (Fsp3) is 0.520. The van der Waals surface area contributed by atoms with Crippen molar-refractivity contribution in [3.05, 3.63) is 51.9 Å². The summed E-state index contributed by atoms with van der Waals surface area (Å²) < 4.78 is 13.9. The number of benzene rings is 1. The van der Waals surface area contributed by atoms with Crippen LogP contribution in [0.15, 0.2) is 35.3 Å². The van der Waals surface area contributed by atoms with Crippen LogP contribution in [-0.4, -0.2) is 24.1 Å². The van der Waals surface area contributed by atoms with E-state index in [9.17, 15) is 9.59 Å². The molecule has 0 radical (unpaired) electrons. The van der Waals surface area contributed by atoms with Crippen molar-refractivity contribution >= 4 is 5.91 Å². The smallest absolute Gasteiger partial charge is 0.250 e. The third-order valence-electron chi connectivity index (χ3n) is 6.60. The van der Waals surface area contributed by atoms with Crippen LogP contribution in [0.5, 0.6) is 5.75 Å². The Bertz CT molecular complexity index is 1010. The Hall–Kier alpha value is -2.60. The molecule has 2 atom stereocenters. The lowest BCUT2D eigenvalue weighted by Crippen LogP contribution is -2.28. The van der Waals surface area contributed by atoms with Crippen molar-refractivity contribution in [3.8, 4) is 16.9 Å². The first kappa shape index (κ1) is 21.6. The zero-order chi connectivity index (χ0) is 22.0. The highest BCUT2D eigenvalue weighted by Crippen LogP contribution is 2.48. The first-order valence-electron chi connectivity index (χ1n) is 11.3. The minimum absolute atomic E-state index is 0.0648. The summed E-state index contributed by atoms with van der Waals surface area (Å²) >= 11 is 0. The number of hydrogen-bond acceptors (Lipinski definition) is 4. The highest BCUT2D eigenvalue weighted by atomic mass is 16.5. The number of carbonyl (C=O) groups excluding carboxylic acids is 1. The fourth-order valence-electron chi connectivity index (χ4n) is 5.01. The molecule has 1 N–H and O–H groups in total. The molecule has 6 heteroatoms. The molecule has 0 spiro atoms. The van der Waals surface area contributed by atoms with Crippen molar-refractivity contribution in [2.45, 2.75) is 57.7 Å². The number of nitrogens with one attached hydrogen (secondary N) is 1. The Labute approximate surface area is 183 Å². The molecule has 1 aromatic heterocycles. The molecule has 2 aliphatic rings. The minimum atomic E-state index is -0.472. The summed E-state index contributed by atoms with van der Waals surface area (Å²) in [5, 5.41) is 2.88. The zero-order valence-electron chi connectivity index (χ0n) is 18.6. The lowest BCUT2D eigenvalue weighted by atomic mass is 9.81. The molecule has 31 heavy (non-hydrogen) atoms. The van der Waals surface area contributed by atoms with Gasteiger partial charge in [0, 0.05) is 31.4 Å². The van der Waals surface area contributed by atoms with E-state index in [-0.39, 0.29) is 24.0 Å². The summed E-state index contributed by atoms with van der Waals surface area (Å²) in [4.78, 5) is 25.1. The Morgan fingerprint density at radius 2 is 1.94 bits per heavy atom. The first-order chi connectivity index (χ1) is 15.0. The lowest BCUT2D eigenvalue weighted by Gasteiger charge is -2.33. The van der Waals surface area contributed by atoms with Crippen molar-refractivity contribution in [1.29, 1.82) is 0 Å². The van der Waals surface area contributed by atoms with Crippen LogP contribution in [-0.2, 0) is 16.6 Å². The molecule has 0 unspecified atom stereocenters. The molecule has 2 aromatic rings. The number of aryl methyl sites for hydroxylation is 1. The number of pyridine rings is 1. The van der Waals surface area contributed by atoms with Gasteiger partial charge in [-0.25, -0.2) is 0 Å². The van der Waals surface area contributed by atoms with Crippen LogP contribution >= 0.6 is 0 Å². The van der Waals surface area contributed by atoms with E-state index in [1.807, 2.05) is 19.2 Å². The molecule has 0 bridgehead atoms. The Kier molecular flexibility index (Phi) is 6.46. The van der Waals surface area contributed by atoms with Crippen molar-refractivity contribution < 1.29 is 14.3 Å². The largest absolute Gasteiger partial charge is 0.497 e. The van der Waals surface area contributed by atoms with Crippen LogP contribution in [0.2, 0.25) is 0 Å². The number of hydrogen-bond donors (Lipinski definition) is 1. The van der Waals surface area contributed by atoms with Crippen LogP contribution in [0.4, 0.5) is 0 Å². The Morgan fingerprint density at radius 1 is 1.16 bits per heavy atom. The van der Waals surface area contributed by atoms with Gasteiger partial charge >= 0.3 is 0 Å². The van der Waals surface area contributed by atoms with Crippen LogP contribution < -0.4 is 15.6 Å². The number of methoxy groups -OCH3 is 1. The molecule has 1 fully saturated rings. The molecule has 1 amide bonds. The summed E-state index contributed by atoms with van der Waals surface area (Å²) in [6.45, 7) is 2.47. The number of rotatable bonds is 5. The van der Waals surface area contributed by atoms with Gasteiger partial charge in [-0.05, 0) is 54.5 Å². The van der Waals surface area contributed by atoms with E-state index >= 15 is 0 Å². The molecule has 1 aromatic carbocycles. The van der Waals surface area contributed by atoms with E-state index in [0.29, 0.717) is 12.5 Å². The predicted octanol–water partition coefficient (Wildman–Crippen LogP) is 4.28. The van der Waals surface area contributed by atoms with E-state index < -0.39 is 6.10 Å². The molecule has 1 aliphatic carbocycles. The third-order valence-corrected chi connectivity index (χ3v) is 6.60. The normalized spacial score (nSPS) is 21.0. The Morgan fingerprint density at radius 3 is 2.65 bits per heavy atom. The summed E-state index contributed by atoms with van der Waals surface area (Å²) in [6.07, 6.45) is 7.31. The maximum Gasteiger partial charge on any atom is 0.250 e. The van der Waals surface area contributed by atoms with Crippen LogP contribution in [0, 0.1) is 5.92 Å². The number of carbonyl (C=O) groups is 1. The second-order valence-electron chi connectivity index (χ2n) is 8.65. The van der Waals surface area contributed by atoms with Gasteiger partial charge in [0.2, 0.25) is 5.91 Å². The van der Waals surface area contributed by atoms with Gasteiger partial charge < -0.3 is 19.4 Å². The van der Waals surface area contributed by atoms with Crippen LogP contribution in [0.25, 0.3) is 11.1 Å². The minimum Gasteiger partial charge on any atom is -0.497 e. The van der Waals surface area contributed by atoms with Gasteiger partial charge in [0.25, 0.3) is 5.56 Å². The molecule has 6 nitrogen and oxygen atoms in total. The summed E-state index contributed by atoms with van der Waals surface area (Å²) in [7, 11) is 3.43. The second-order valence-corrected chi connectivity index (χ2v) is 8.65. The Balaban J connectivity index is 1.88. The third kappa shape index (κ3) is 4.40. The quantitative estimate of drug-likeness (QED) is 0.778. The number of ether oxygens (including phenoxy) is 2. The van der Waals surface area contributed by atoms with Crippen molar-refractivity contribution in [3.63, 3.8) is 0 Å². The molecular formula is C25H32N2O4. The van der Waals surface area contributed by atoms with Gasteiger partial charge in [-0.3, -0.25) is 9.59 Å². The summed E-state index contributed by atoms with van der Waals surface area (Å²) in [6, 6.07) is 7.72. The molecule has 1 aliphatic heterocycles. The predicted molar refractivity (Wildman–Crippen MR) is 120 cm³/mol. The van der Waals surface area contributed by atoms with E-state index in [2.05, 4.69) is 17.4 Å². The van der Waals surface area contributed by atoms with E-state index in [1.54, 1.807) is 24.8 Å². The SMILES string of the molecule is CCNC(=O)C[C@@H]1O[C@H](C2CCCCC2)c2cc(OC)ccc2-c2cn(C)c(=O)cc21. The second kappa shape index (κ2) is 9.27. The van der Waals surface area contributed by atoms with Crippen LogP contribution in [0.3, 0.4) is 0 Å². The van der Waals surface area contributed by atoms with Gasteiger partial charge in [0.05, 0.1) is 25.7 Å². The molecule has 166 valence electrons. The number of aromatic nitrogens is 1. The molecule has 2 heterocycles. The number of amides is 1. The maximum absolute atomic E-state index is 12.5. The molecular weight excluding hydrogens is 392 g/mol. The summed E-state index contributed by atoms with van der Waals surface area (Å²) in [5.74, 6) is 1.10. The van der Waals surface area contributed by atoms with Gasteiger partial charge in [0.15, 0.2) is 0 Å². The lowest BCUT2D eigenvalue weighted by molar-refractivity contribution is -0.127. The monoisotopic (exact) mass is 424 g/mol.